The first-order chi connectivity index (χ1) is 15.0. The second kappa shape index (κ2) is 9.72. The lowest BCUT2D eigenvalue weighted by Gasteiger charge is -2.26. The smallest absolute Gasteiger partial charge is 0.271 e. The highest BCUT2D eigenvalue weighted by molar-refractivity contribution is 7.89. The van der Waals surface area contributed by atoms with E-state index >= 15 is 0 Å². The van der Waals surface area contributed by atoms with Crippen LogP contribution in [0.3, 0.4) is 0 Å². The van der Waals surface area contributed by atoms with Gasteiger partial charge in [-0.25, -0.2) is 13.8 Å². The fourth-order valence-electron chi connectivity index (χ4n) is 4.05. The van der Waals surface area contributed by atoms with Crippen molar-refractivity contribution in [1.29, 1.82) is 0 Å². The molecule has 1 aliphatic carbocycles. The van der Waals surface area contributed by atoms with E-state index < -0.39 is 15.9 Å². The third-order valence-corrected chi connectivity index (χ3v) is 7.75. The van der Waals surface area contributed by atoms with E-state index in [2.05, 4.69) is 34.8 Å². The molecule has 1 aliphatic heterocycles. The van der Waals surface area contributed by atoms with Crippen molar-refractivity contribution >= 4 is 21.6 Å². The topological polar surface area (TPSA) is 88.1 Å². The fraction of sp³-hybridized carbons (Fsp3) is 0.391. The van der Waals surface area contributed by atoms with E-state index in [1.165, 1.54) is 22.0 Å². The Hall–Kier alpha value is -2.55. The molecule has 2 aromatic carbocycles. The van der Waals surface area contributed by atoms with E-state index in [1.54, 1.807) is 12.1 Å². The van der Waals surface area contributed by atoms with Crippen molar-refractivity contribution in [2.75, 3.05) is 26.3 Å². The Bertz CT molecular complexity index is 1040. The van der Waals surface area contributed by atoms with Gasteiger partial charge in [-0.1, -0.05) is 36.4 Å². The molecule has 1 saturated carbocycles. The Labute approximate surface area is 183 Å². The van der Waals surface area contributed by atoms with Gasteiger partial charge in [-0.05, 0) is 55.4 Å². The molecular weight excluding hydrogens is 414 g/mol. The monoisotopic (exact) mass is 441 g/mol. The minimum Gasteiger partial charge on any atom is -0.379 e. The van der Waals surface area contributed by atoms with Gasteiger partial charge >= 0.3 is 0 Å². The summed E-state index contributed by atoms with van der Waals surface area (Å²) in [6.45, 7) is 1.39. The van der Waals surface area contributed by atoms with Gasteiger partial charge < -0.3 is 4.74 Å². The first kappa shape index (κ1) is 21.7. The van der Waals surface area contributed by atoms with Gasteiger partial charge in [0.25, 0.3) is 5.91 Å². The third-order valence-electron chi connectivity index (χ3n) is 5.85. The number of rotatable bonds is 5. The van der Waals surface area contributed by atoms with E-state index in [-0.39, 0.29) is 10.5 Å². The highest BCUT2D eigenvalue weighted by Crippen LogP contribution is 2.31. The minimum atomic E-state index is -3.65. The SMILES string of the molecule is O=C(NN=C1CCC(c2ccccc2)CC1)c1cccc(S(=O)(=O)N2CCOCC2)c1. The molecular formula is C23H27N3O4S. The summed E-state index contributed by atoms with van der Waals surface area (Å²) in [6.07, 6.45) is 3.69. The van der Waals surface area contributed by atoms with Crippen molar-refractivity contribution in [2.45, 2.75) is 36.5 Å². The van der Waals surface area contributed by atoms with Gasteiger partial charge in [-0.15, -0.1) is 0 Å². The number of carbonyl (C=O) groups excluding carboxylic acids is 1. The van der Waals surface area contributed by atoms with Crippen LogP contribution in [0.1, 0.15) is 47.5 Å². The van der Waals surface area contributed by atoms with Crippen LogP contribution in [0.5, 0.6) is 0 Å². The van der Waals surface area contributed by atoms with Crippen LogP contribution in [-0.4, -0.2) is 50.6 Å². The molecule has 1 heterocycles. The average molecular weight is 442 g/mol. The number of amides is 1. The fourth-order valence-corrected chi connectivity index (χ4v) is 5.50. The van der Waals surface area contributed by atoms with Crippen LogP contribution in [0.25, 0.3) is 0 Å². The summed E-state index contributed by atoms with van der Waals surface area (Å²) >= 11 is 0. The summed E-state index contributed by atoms with van der Waals surface area (Å²) in [5.74, 6) is 0.120. The van der Waals surface area contributed by atoms with Crippen molar-refractivity contribution in [3.63, 3.8) is 0 Å². The molecule has 2 fully saturated rings. The predicted molar refractivity (Wildman–Crippen MR) is 119 cm³/mol. The number of nitrogens with one attached hydrogen (secondary N) is 1. The molecule has 31 heavy (non-hydrogen) atoms. The summed E-state index contributed by atoms with van der Waals surface area (Å²) < 4.78 is 32.3. The Morgan fingerprint density at radius 2 is 1.71 bits per heavy atom. The Morgan fingerprint density at radius 1 is 1.00 bits per heavy atom. The van der Waals surface area contributed by atoms with Crippen LogP contribution in [0.15, 0.2) is 64.6 Å². The van der Waals surface area contributed by atoms with Gasteiger partial charge in [0.15, 0.2) is 0 Å². The van der Waals surface area contributed by atoms with Crippen LogP contribution in [-0.2, 0) is 14.8 Å². The van der Waals surface area contributed by atoms with Crippen LogP contribution in [0.4, 0.5) is 0 Å². The standard InChI is InChI=1S/C23H27N3O4S/c27-23(25-24-21-11-9-19(10-12-21)18-5-2-1-3-6-18)20-7-4-8-22(17-20)31(28,29)26-13-15-30-16-14-26/h1-8,17,19H,9-16H2,(H,25,27). The molecule has 1 saturated heterocycles. The highest BCUT2D eigenvalue weighted by atomic mass is 32.2. The zero-order chi connectivity index (χ0) is 21.7. The van der Waals surface area contributed by atoms with E-state index in [1.807, 2.05) is 6.07 Å². The van der Waals surface area contributed by atoms with Gasteiger partial charge in [0.2, 0.25) is 10.0 Å². The normalized spacial score (nSPS) is 20.3. The first-order valence-electron chi connectivity index (χ1n) is 10.6. The van der Waals surface area contributed by atoms with Crippen molar-refractivity contribution < 1.29 is 17.9 Å². The molecule has 1 amide bonds. The quantitative estimate of drug-likeness (QED) is 0.722. The van der Waals surface area contributed by atoms with E-state index in [4.69, 9.17) is 4.74 Å². The van der Waals surface area contributed by atoms with Crippen LogP contribution < -0.4 is 5.43 Å². The van der Waals surface area contributed by atoms with Crippen molar-refractivity contribution in [2.24, 2.45) is 5.10 Å². The van der Waals surface area contributed by atoms with Gasteiger partial charge in [-0.2, -0.15) is 9.41 Å². The van der Waals surface area contributed by atoms with Gasteiger partial charge in [0, 0.05) is 24.4 Å². The number of ether oxygens (including phenoxy) is 1. The third kappa shape index (κ3) is 5.20. The van der Waals surface area contributed by atoms with E-state index in [9.17, 15) is 13.2 Å². The van der Waals surface area contributed by atoms with Crippen molar-refractivity contribution in [3.8, 4) is 0 Å². The summed E-state index contributed by atoms with van der Waals surface area (Å²) in [5.41, 5.74) is 5.20. The molecule has 0 aromatic heterocycles. The number of hydrogen-bond donors (Lipinski definition) is 1. The first-order valence-corrected chi connectivity index (χ1v) is 12.1. The zero-order valence-electron chi connectivity index (χ0n) is 17.4. The summed E-state index contributed by atoms with van der Waals surface area (Å²) in [7, 11) is -3.65. The maximum absolute atomic E-state index is 12.8. The van der Waals surface area contributed by atoms with Gasteiger partial charge in [-0.3, -0.25) is 4.79 Å². The zero-order valence-corrected chi connectivity index (χ0v) is 18.2. The number of sulfonamides is 1. The molecule has 2 aromatic rings. The Balaban J connectivity index is 1.38. The predicted octanol–water partition coefficient (Wildman–Crippen LogP) is 3.15. The van der Waals surface area contributed by atoms with Gasteiger partial charge in [0.05, 0.1) is 18.1 Å². The largest absolute Gasteiger partial charge is 0.379 e. The lowest BCUT2D eigenvalue weighted by molar-refractivity contribution is 0.0730. The molecule has 1 N–H and O–H groups in total. The molecule has 0 spiro atoms. The number of carbonyl (C=O) groups is 1. The second-order valence-corrected chi connectivity index (χ2v) is 9.79. The highest BCUT2D eigenvalue weighted by Gasteiger charge is 2.27. The number of hydrazone groups is 1. The maximum atomic E-state index is 12.8. The van der Waals surface area contributed by atoms with Gasteiger partial charge in [0.1, 0.15) is 0 Å². The molecule has 2 aliphatic rings. The lowest BCUT2D eigenvalue weighted by atomic mass is 9.83. The molecule has 0 atom stereocenters. The molecule has 4 rings (SSSR count). The number of hydrogen-bond acceptors (Lipinski definition) is 5. The molecule has 7 nitrogen and oxygen atoms in total. The Morgan fingerprint density at radius 3 is 2.42 bits per heavy atom. The summed E-state index contributed by atoms with van der Waals surface area (Å²) in [5, 5.41) is 4.31. The van der Waals surface area contributed by atoms with Crippen molar-refractivity contribution in [1.82, 2.24) is 9.73 Å². The molecule has 0 bridgehead atoms. The maximum Gasteiger partial charge on any atom is 0.271 e. The van der Waals surface area contributed by atoms with Crippen LogP contribution in [0, 0.1) is 0 Å². The second-order valence-electron chi connectivity index (χ2n) is 7.85. The number of benzene rings is 2. The van der Waals surface area contributed by atoms with E-state index in [0.29, 0.717) is 32.2 Å². The van der Waals surface area contributed by atoms with Crippen LogP contribution >= 0.6 is 0 Å². The lowest BCUT2D eigenvalue weighted by Crippen LogP contribution is -2.40. The van der Waals surface area contributed by atoms with Crippen molar-refractivity contribution in [3.05, 3.63) is 65.7 Å². The molecule has 0 radical (unpaired) electrons. The Kier molecular flexibility index (Phi) is 6.80. The summed E-state index contributed by atoms with van der Waals surface area (Å²) in [4.78, 5) is 12.7. The van der Waals surface area contributed by atoms with E-state index in [0.717, 1.165) is 31.4 Å². The average Bonchev–Trinajstić information content (AvgIpc) is 2.84. The number of nitrogens with zero attached hydrogens (tertiary/aromatic N) is 2. The molecule has 0 unspecified atom stereocenters. The summed E-state index contributed by atoms with van der Waals surface area (Å²) in [6, 6.07) is 16.6. The molecule has 164 valence electrons. The molecule has 8 heteroatoms. The minimum absolute atomic E-state index is 0.109. The van der Waals surface area contributed by atoms with Crippen LogP contribution in [0.2, 0.25) is 0 Å². The number of morpholine rings is 1.